The Labute approximate surface area is 235 Å². The molecule has 2 atom stereocenters. The number of carbonyl (C=O) groups excluding carboxylic acids is 3. The van der Waals surface area contributed by atoms with Gasteiger partial charge in [0.15, 0.2) is 11.5 Å². The summed E-state index contributed by atoms with van der Waals surface area (Å²) in [6.07, 6.45) is 1.22. The molecule has 1 aromatic rings. The molecular weight excluding hydrogens is 526 g/mol. The standard InChI is InChI=1S/C28H43NO11/c1-6-8-10-14-35-26(32)39-23-13-12-21(17-24(23)40-27(33)36-15-11-9-7-2)16-22(25(30)31)29-18-20(5)38-28(34)37-19(3)4/h12-13,17,19-20,22,29H,6-11,14-16,18H2,1-5H3,(H,30,31)/t20?,22-/m0/s1. The number of hydrogen-bond acceptors (Lipinski definition) is 11. The van der Waals surface area contributed by atoms with Crippen molar-refractivity contribution < 1.29 is 52.7 Å². The zero-order valence-electron chi connectivity index (χ0n) is 24.1. The lowest BCUT2D eigenvalue weighted by Crippen LogP contribution is -2.42. The summed E-state index contributed by atoms with van der Waals surface area (Å²) in [6, 6.07) is 3.24. The lowest BCUT2D eigenvalue weighted by atomic mass is 10.0. The van der Waals surface area contributed by atoms with Crippen molar-refractivity contribution in [1.82, 2.24) is 5.32 Å². The summed E-state index contributed by atoms with van der Waals surface area (Å²) < 4.78 is 30.7. The molecule has 0 saturated carbocycles. The van der Waals surface area contributed by atoms with E-state index in [0.29, 0.717) is 18.4 Å². The Hall–Kier alpha value is -3.54. The predicted molar refractivity (Wildman–Crippen MR) is 145 cm³/mol. The van der Waals surface area contributed by atoms with E-state index >= 15 is 0 Å². The average molecular weight is 570 g/mol. The van der Waals surface area contributed by atoms with Gasteiger partial charge in [0.25, 0.3) is 0 Å². The van der Waals surface area contributed by atoms with Crippen molar-refractivity contribution in [2.24, 2.45) is 0 Å². The SMILES string of the molecule is CCCCCOC(=O)Oc1ccc(C[C@H](NCC(C)OC(=O)OC(C)C)C(=O)O)cc1OC(=O)OCCCCC. The summed E-state index contributed by atoms with van der Waals surface area (Å²) in [4.78, 5) is 48.0. The number of carbonyl (C=O) groups is 4. The first kappa shape index (κ1) is 34.5. The summed E-state index contributed by atoms with van der Waals surface area (Å²) in [5.41, 5.74) is 0.463. The number of ether oxygens (including phenoxy) is 6. The highest BCUT2D eigenvalue weighted by Crippen LogP contribution is 2.30. The number of nitrogens with one attached hydrogen (secondary N) is 1. The zero-order chi connectivity index (χ0) is 29.9. The minimum atomic E-state index is -1.15. The molecule has 0 spiro atoms. The molecule has 0 aliphatic carbocycles. The highest BCUT2D eigenvalue weighted by molar-refractivity contribution is 5.74. The third-order valence-corrected chi connectivity index (χ3v) is 5.35. The van der Waals surface area contributed by atoms with Gasteiger partial charge in [0.2, 0.25) is 0 Å². The quantitative estimate of drug-likeness (QED) is 0.0973. The fourth-order valence-electron chi connectivity index (χ4n) is 3.31. The largest absolute Gasteiger partial charge is 0.513 e. The van der Waals surface area contributed by atoms with Gasteiger partial charge < -0.3 is 38.8 Å². The number of aliphatic carboxylic acids is 1. The number of rotatable bonds is 18. The van der Waals surface area contributed by atoms with E-state index in [1.165, 1.54) is 18.2 Å². The maximum absolute atomic E-state index is 12.3. The minimum Gasteiger partial charge on any atom is -0.480 e. The van der Waals surface area contributed by atoms with E-state index in [-0.39, 0.29) is 43.8 Å². The van der Waals surface area contributed by atoms with Crippen molar-refractivity contribution in [3.63, 3.8) is 0 Å². The van der Waals surface area contributed by atoms with Gasteiger partial charge in [-0.25, -0.2) is 14.4 Å². The Morgan fingerprint density at radius 1 is 0.800 bits per heavy atom. The second-order valence-electron chi connectivity index (χ2n) is 9.44. The Bertz CT molecular complexity index is 935. The number of unbranched alkanes of at least 4 members (excludes halogenated alkanes) is 4. The van der Waals surface area contributed by atoms with E-state index in [4.69, 9.17) is 28.4 Å². The van der Waals surface area contributed by atoms with Crippen molar-refractivity contribution in [1.29, 1.82) is 0 Å². The Balaban J connectivity index is 2.94. The highest BCUT2D eigenvalue weighted by atomic mass is 16.7. The van der Waals surface area contributed by atoms with Crippen LogP contribution in [0.4, 0.5) is 14.4 Å². The van der Waals surface area contributed by atoms with E-state index in [2.05, 4.69) is 5.32 Å². The average Bonchev–Trinajstić information content (AvgIpc) is 2.87. The maximum Gasteiger partial charge on any atom is 0.513 e. The Kier molecular flexibility index (Phi) is 16.8. The molecule has 0 heterocycles. The first-order chi connectivity index (χ1) is 19.0. The van der Waals surface area contributed by atoms with Crippen molar-refractivity contribution in [3.05, 3.63) is 23.8 Å². The van der Waals surface area contributed by atoms with Crippen LogP contribution < -0.4 is 14.8 Å². The van der Waals surface area contributed by atoms with Gasteiger partial charge in [0.1, 0.15) is 12.1 Å². The third kappa shape index (κ3) is 15.2. The molecule has 2 N–H and O–H groups in total. The summed E-state index contributed by atoms with van der Waals surface area (Å²) in [7, 11) is 0. The van der Waals surface area contributed by atoms with E-state index in [1.807, 2.05) is 13.8 Å². The van der Waals surface area contributed by atoms with Gasteiger partial charge in [0, 0.05) is 6.54 Å². The van der Waals surface area contributed by atoms with Crippen LogP contribution in [-0.4, -0.2) is 67.6 Å². The molecule has 0 bridgehead atoms. The van der Waals surface area contributed by atoms with Gasteiger partial charge >= 0.3 is 24.4 Å². The first-order valence-electron chi connectivity index (χ1n) is 13.7. The lowest BCUT2D eigenvalue weighted by molar-refractivity contribution is -0.139. The van der Waals surface area contributed by atoms with Gasteiger partial charge in [0.05, 0.1) is 19.3 Å². The molecule has 1 unspecified atom stereocenters. The molecule has 1 aromatic carbocycles. The zero-order valence-corrected chi connectivity index (χ0v) is 24.1. The van der Waals surface area contributed by atoms with Crippen molar-refractivity contribution in [2.45, 2.75) is 97.8 Å². The molecular formula is C28H43NO11. The second-order valence-corrected chi connectivity index (χ2v) is 9.44. The predicted octanol–water partition coefficient (Wildman–Crippen LogP) is 5.63. The number of carboxylic acid groups (broad SMARTS) is 1. The molecule has 0 radical (unpaired) electrons. The van der Waals surface area contributed by atoms with Gasteiger partial charge in [-0.05, 0) is 57.7 Å². The van der Waals surface area contributed by atoms with Crippen LogP contribution in [0, 0.1) is 0 Å². The molecule has 40 heavy (non-hydrogen) atoms. The van der Waals surface area contributed by atoms with E-state index in [1.54, 1.807) is 20.8 Å². The molecule has 0 saturated heterocycles. The van der Waals surface area contributed by atoms with Crippen molar-refractivity contribution in [2.75, 3.05) is 19.8 Å². The third-order valence-electron chi connectivity index (χ3n) is 5.35. The smallest absolute Gasteiger partial charge is 0.480 e. The van der Waals surface area contributed by atoms with E-state index < -0.39 is 36.6 Å². The number of benzene rings is 1. The monoisotopic (exact) mass is 569 g/mol. The van der Waals surface area contributed by atoms with Crippen LogP contribution in [-0.2, 0) is 30.2 Å². The van der Waals surface area contributed by atoms with Gasteiger partial charge in [-0.15, -0.1) is 0 Å². The molecule has 0 aliphatic heterocycles. The Morgan fingerprint density at radius 3 is 1.90 bits per heavy atom. The summed E-state index contributed by atoms with van der Waals surface area (Å²) >= 11 is 0. The molecule has 0 fully saturated rings. The molecule has 1 rings (SSSR count). The van der Waals surface area contributed by atoms with E-state index in [9.17, 15) is 24.3 Å². The summed E-state index contributed by atoms with van der Waals surface area (Å²) in [5, 5.41) is 12.5. The molecule has 0 amide bonds. The topological polar surface area (TPSA) is 156 Å². The van der Waals surface area contributed by atoms with Gasteiger partial charge in [-0.1, -0.05) is 45.6 Å². The number of carboxylic acids is 1. The van der Waals surface area contributed by atoms with Crippen molar-refractivity contribution >= 4 is 24.4 Å². The lowest BCUT2D eigenvalue weighted by Gasteiger charge is -2.19. The second kappa shape index (κ2) is 19.5. The molecule has 12 heteroatoms. The van der Waals surface area contributed by atoms with Crippen LogP contribution >= 0.6 is 0 Å². The first-order valence-corrected chi connectivity index (χ1v) is 13.7. The summed E-state index contributed by atoms with van der Waals surface area (Å²) in [6.45, 7) is 9.39. The van der Waals surface area contributed by atoms with E-state index in [0.717, 1.165) is 25.7 Å². The molecule has 12 nitrogen and oxygen atoms in total. The number of hydrogen-bond donors (Lipinski definition) is 2. The normalized spacial score (nSPS) is 12.2. The minimum absolute atomic E-state index is 0.0256. The molecule has 226 valence electrons. The van der Waals surface area contributed by atoms with Gasteiger partial charge in [-0.3, -0.25) is 4.79 Å². The fourth-order valence-corrected chi connectivity index (χ4v) is 3.31. The van der Waals surface area contributed by atoms with Crippen LogP contribution in [0.25, 0.3) is 0 Å². The van der Waals surface area contributed by atoms with Crippen LogP contribution in [0.15, 0.2) is 18.2 Å². The highest BCUT2D eigenvalue weighted by Gasteiger charge is 2.22. The van der Waals surface area contributed by atoms with Gasteiger partial charge in [-0.2, -0.15) is 0 Å². The molecule has 0 aliphatic rings. The fraction of sp³-hybridized carbons (Fsp3) is 0.643. The Morgan fingerprint density at radius 2 is 1.38 bits per heavy atom. The van der Waals surface area contributed by atoms with Crippen molar-refractivity contribution in [3.8, 4) is 11.5 Å². The maximum atomic E-state index is 12.3. The summed E-state index contributed by atoms with van der Waals surface area (Å²) in [5.74, 6) is -1.35. The van der Waals surface area contributed by atoms with Crippen LogP contribution in [0.5, 0.6) is 11.5 Å². The van der Waals surface area contributed by atoms with Crippen LogP contribution in [0.3, 0.4) is 0 Å². The molecule has 0 aromatic heterocycles. The van der Waals surface area contributed by atoms with Crippen LogP contribution in [0.2, 0.25) is 0 Å². The van der Waals surface area contributed by atoms with Crippen LogP contribution in [0.1, 0.15) is 78.7 Å².